The molecule has 0 unspecified atom stereocenters. The number of phenols is 1. The number of hydrogen-bond donors (Lipinski definition) is 1. The van der Waals surface area contributed by atoms with Crippen LogP contribution in [0.15, 0.2) is 48.2 Å². The Bertz CT molecular complexity index is 682. The summed E-state index contributed by atoms with van der Waals surface area (Å²) in [6.45, 7) is 2.01. The number of aromatic hydroxyl groups is 1. The van der Waals surface area contributed by atoms with Gasteiger partial charge in [0.15, 0.2) is 5.76 Å². The maximum atomic E-state index is 12.1. The Morgan fingerprint density at radius 3 is 2.58 bits per heavy atom. The van der Waals surface area contributed by atoms with E-state index in [4.69, 9.17) is 4.74 Å². The number of ketones is 1. The van der Waals surface area contributed by atoms with Crippen molar-refractivity contribution in [1.29, 1.82) is 0 Å². The SMILES string of the molecule is Cc1ccc(/C=C2/Oc3cc(O)ccc3C2=O)cc1. The van der Waals surface area contributed by atoms with Crippen molar-refractivity contribution in [1.82, 2.24) is 0 Å². The predicted molar refractivity (Wildman–Crippen MR) is 72.2 cm³/mol. The van der Waals surface area contributed by atoms with Crippen molar-refractivity contribution in [2.75, 3.05) is 0 Å². The summed E-state index contributed by atoms with van der Waals surface area (Å²) < 4.78 is 5.49. The molecule has 0 saturated heterocycles. The van der Waals surface area contributed by atoms with Crippen molar-refractivity contribution in [3.8, 4) is 11.5 Å². The second-order valence-electron chi connectivity index (χ2n) is 4.53. The highest BCUT2D eigenvalue weighted by molar-refractivity contribution is 6.14. The summed E-state index contributed by atoms with van der Waals surface area (Å²) in [5, 5.41) is 9.38. The fraction of sp³-hybridized carbons (Fsp3) is 0.0625. The second kappa shape index (κ2) is 4.28. The molecule has 1 aliphatic rings. The maximum absolute atomic E-state index is 12.1. The van der Waals surface area contributed by atoms with Gasteiger partial charge in [-0.3, -0.25) is 4.79 Å². The normalized spacial score (nSPS) is 15.4. The molecule has 0 spiro atoms. The fourth-order valence-electron chi connectivity index (χ4n) is 1.99. The van der Waals surface area contributed by atoms with Gasteiger partial charge in [0.2, 0.25) is 5.78 Å². The van der Waals surface area contributed by atoms with Crippen molar-refractivity contribution in [3.63, 3.8) is 0 Å². The summed E-state index contributed by atoms with van der Waals surface area (Å²) in [4.78, 5) is 12.1. The van der Waals surface area contributed by atoms with Gasteiger partial charge in [0, 0.05) is 6.07 Å². The number of aryl methyl sites for hydroxylation is 1. The number of Topliss-reactive ketones (excluding diaryl/α,β-unsaturated/α-hetero) is 1. The lowest BCUT2D eigenvalue weighted by atomic mass is 10.1. The zero-order valence-electron chi connectivity index (χ0n) is 10.4. The molecule has 0 radical (unpaired) electrons. The highest BCUT2D eigenvalue weighted by Crippen LogP contribution is 2.34. The van der Waals surface area contributed by atoms with E-state index in [1.165, 1.54) is 12.1 Å². The van der Waals surface area contributed by atoms with E-state index < -0.39 is 0 Å². The third kappa shape index (κ3) is 2.10. The first-order chi connectivity index (χ1) is 9.13. The zero-order chi connectivity index (χ0) is 13.4. The molecule has 1 aliphatic heterocycles. The van der Waals surface area contributed by atoms with E-state index in [9.17, 15) is 9.90 Å². The molecule has 1 N–H and O–H groups in total. The Balaban J connectivity index is 1.97. The average Bonchev–Trinajstić information content (AvgIpc) is 2.68. The lowest BCUT2D eigenvalue weighted by molar-refractivity contribution is 0.101. The van der Waals surface area contributed by atoms with Crippen molar-refractivity contribution in [2.24, 2.45) is 0 Å². The van der Waals surface area contributed by atoms with Gasteiger partial charge in [-0.05, 0) is 30.7 Å². The minimum atomic E-state index is -0.157. The van der Waals surface area contributed by atoms with Crippen LogP contribution in [0.3, 0.4) is 0 Å². The summed E-state index contributed by atoms with van der Waals surface area (Å²) in [6, 6.07) is 12.3. The summed E-state index contributed by atoms with van der Waals surface area (Å²) in [5.74, 6) is 0.617. The molecule has 0 amide bonds. The quantitative estimate of drug-likeness (QED) is 0.792. The van der Waals surface area contributed by atoms with Gasteiger partial charge < -0.3 is 9.84 Å². The number of carbonyl (C=O) groups is 1. The van der Waals surface area contributed by atoms with Crippen LogP contribution >= 0.6 is 0 Å². The van der Waals surface area contributed by atoms with Gasteiger partial charge in [-0.1, -0.05) is 29.8 Å². The maximum Gasteiger partial charge on any atom is 0.231 e. The number of allylic oxidation sites excluding steroid dienone is 1. The van der Waals surface area contributed by atoms with Crippen LogP contribution in [0, 0.1) is 6.92 Å². The number of rotatable bonds is 1. The Morgan fingerprint density at radius 1 is 1.11 bits per heavy atom. The Morgan fingerprint density at radius 2 is 1.84 bits per heavy atom. The molecule has 0 saturated carbocycles. The standard InChI is InChI=1S/C16H12O3/c1-10-2-4-11(5-3-10)8-15-16(18)13-7-6-12(17)9-14(13)19-15/h2-9,17H,1H3/b15-8+. The third-order valence-corrected chi connectivity index (χ3v) is 3.03. The third-order valence-electron chi connectivity index (χ3n) is 3.03. The van der Waals surface area contributed by atoms with Crippen LogP contribution < -0.4 is 4.74 Å². The van der Waals surface area contributed by atoms with Crippen LogP contribution in [0.1, 0.15) is 21.5 Å². The lowest BCUT2D eigenvalue weighted by Gasteiger charge is -1.99. The monoisotopic (exact) mass is 252 g/mol. The summed E-state index contributed by atoms with van der Waals surface area (Å²) in [5.41, 5.74) is 2.55. The predicted octanol–water partition coefficient (Wildman–Crippen LogP) is 3.32. The molecule has 0 atom stereocenters. The van der Waals surface area contributed by atoms with Crippen molar-refractivity contribution >= 4 is 11.9 Å². The number of hydrogen-bond acceptors (Lipinski definition) is 3. The summed E-state index contributed by atoms with van der Waals surface area (Å²) in [6.07, 6.45) is 1.71. The van der Waals surface area contributed by atoms with Crippen LogP contribution in [0.5, 0.6) is 11.5 Å². The van der Waals surface area contributed by atoms with Crippen molar-refractivity contribution in [3.05, 3.63) is 64.9 Å². The van der Waals surface area contributed by atoms with Gasteiger partial charge in [0.1, 0.15) is 11.5 Å². The van der Waals surface area contributed by atoms with E-state index in [0.29, 0.717) is 11.3 Å². The molecular weight excluding hydrogens is 240 g/mol. The molecule has 1 heterocycles. The van der Waals surface area contributed by atoms with Crippen molar-refractivity contribution in [2.45, 2.75) is 6.92 Å². The Hall–Kier alpha value is -2.55. The van der Waals surface area contributed by atoms with E-state index in [2.05, 4.69) is 0 Å². The minimum absolute atomic E-state index is 0.0862. The van der Waals surface area contributed by atoms with Crippen LogP contribution in [0.25, 0.3) is 6.08 Å². The molecule has 0 fully saturated rings. The lowest BCUT2D eigenvalue weighted by Crippen LogP contribution is -1.97. The Kier molecular flexibility index (Phi) is 2.60. The number of benzene rings is 2. The molecular formula is C16H12O3. The van der Waals surface area contributed by atoms with Gasteiger partial charge in [-0.2, -0.15) is 0 Å². The van der Waals surface area contributed by atoms with E-state index >= 15 is 0 Å². The van der Waals surface area contributed by atoms with Crippen LogP contribution in [-0.2, 0) is 0 Å². The molecule has 3 nitrogen and oxygen atoms in total. The number of fused-ring (bicyclic) bond motifs is 1. The largest absolute Gasteiger partial charge is 0.508 e. The van der Waals surface area contributed by atoms with Crippen LogP contribution in [-0.4, -0.2) is 10.9 Å². The number of carbonyl (C=O) groups excluding carboxylic acids is 1. The van der Waals surface area contributed by atoms with Crippen LogP contribution in [0.2, 0.25) is 0 Å². The van der Waals surface area contributed by atoms with E-state index in [-0.39, 0.29) is 17.3 Å². The fourth-order valence-corrected chi connectivity index (χ4v) is 1.99. The van der Waals surface area contributed by atoms with E-state index in [0.717, 1.165) is 11.1 Å². The topological polar surface area (TPSA) is 46.5 Å². The first-order valence-corrected chi connectivity index (χ1v) is 5.97. The van der Waals surface area contributed by atoms with Gasteiger partial charge in [0.25, 0.3) is 0 Å². The second-order valence-corrected chi connectivity index (χ2v) is 4.53. The van der Waals surface area contributed by atoms with E-state index in [1.807, 2.05) is 31.2 Å². The van der Waals surface area contributed by atoms with Gasteiger partial charge in [-0.25, -0.2) is 0 Å². The molecule has 2 aromatic carbocycles. The highest BCUT2D eigenvalue weighted by Gasteiger charge is 2.27. The average molecular weight is 252 g/mol. The zero-order valence-corrected chi connectivity index (χ0v) is 10.4. The first-order valence-electron chi connectivity index (χ1n) is 5.97. The van der Waals surface area contributed by atoms with Gasteiger partial charge in [-0.15, -0.1) is 0 Å². The van der Waals surface area contributed by atoms with Crippen molar-refractivity contribution < 1.29 is 14.6 Å². The smallest absolute Gasteiger partial charge is 0.231 e. The number of phenolic OH excluding ortho intramolecular Hbond substituents is 1. The molecule has 3 heteroatoms. The molecule has 94 valence electrons. The van der Waals surface area contributed by atoms with Gasteiger partial charge >= 0.3 is 0 Å². The summed E-state index contributed by atoms with van der Waals surface area (Å²) >= 11 is 0. The highest BCUT2D eigenvalue weighted by atomic mass is 16.5. The van der Waals surface area contributed by atoms with E-state index in [1.54, 1.807) is 12.1 Å². The molecule has 2 aromatic rings. The summed E-state index contributed by atoms with van der Waals surface area (Å²) in [7, 11) is 0. The molecule has 0 aliphatic carbocycles. The first kappa shape index (κ1) is 11.5. The minimum Gasteiger partial charge on any atom is -0.508 e. The molecule has 0 bridgehead atoms. The molecule has 3 rings (SSSR count). The Labute approximate surface area is 110 Å². The van der Waals surface area contributed by atoms with Gasteiger partial charge in [0.05, 0.1) is 5.56 Å². The molecule has 0 aromatic heterocycles. The number of ether oxygens (including phenoxy) is 1. The van der Waals surface area contributed by atoms with Crippen LogP contribution in [0.4, 0.5) is 0 Å². The molecule has 19 heavy (non-hydrogen) atoms.